The van der Waals surface area contributed by atoms with Gasteiger partial charge in [-0.2, -0.15) is 0 Å². The fraction of sp³-hybridized carbons (Fsp3) is 0.875. The van der Waals surface area contributed by atoms with Gasteiger partial charge < -0.3 is 0 Å². The standard InChI is InChI=1S/C8H13N/c1-2-4-8-6-5-7(3-1)9-8/h7H,1-6H2. The van der Waals surface area contributed by atoms with Crippen LogP contribution in [0.2, 0.25) is 0 Å². The molecular weight excluding hydrogens is 110 g/mol. The lowest BCUT2D eigenvalue weighted by Gasteiger charge is -2.02. The summed E-state index contributed by atoms with van der Waals surface area (Å²) in [7, 11) is 0. The molecule has 1 atom stereocenters. The van der Waals surface area contributed by atoms with E-state index in [1.165, 1.54) is 44.6 Å². The predicted octanol–water partition coefficient (Wildman–Crippen LogP) is 1.86. The Morgan fingerprint density at radius 1 is 1.11 bits per heavy atom. The summed E-state index contributed by atoms with van der Waals surface area (Å²) in [5, 5.41) is 4.60. The monoisotopic (exact) mass is 123 g/mol. The molecule has 0 aromatic carbocycles. The Balaban J connectivity index is 1.99. The molecule has 2 bridgehead atoms. The van der Waals surface area contributed by atoms with Crippen LogP contribution in [0.15, 0.2) is 0 Å². The van der Waals surface area contributed by atoms with Crippen LogP contribution in [0.1, 0.15) is 38.5 Å². The molecule has 0 saturated carbocycles. The average molecular weight is 123 g/mol. The van der Waals surface area contributed by atoms with Crippen LogP contribution in [0.5, 0.6) is 0 Å². The minimum absolute atomic E-state index is 0.738. The van der Waals surface area contributed by atoms with Gasteiger partial charge in [0, 0.05) is 6.04 Å². The second kappa shape index (κ2) is 2.30. The van der Waals surface area contributed by atoms with E-state index in [4.69, 9.17) is 0 Å². The third-order valence-electron chi connectivity index (χ3n) is 2.38. The Bertz CT molecular complexity index is 88.7. The third-order valence-corrected chi connectivity index (χ3v) is 2.38. The van der Waals surface area contributed by atoms with Crippen LogP contribution in [-0.4, -0.2) is 6.04 Å². The summed E-state index contributed by atoms with van der Waals surface area (Å²) < 4.78 is 0. The highest BCUT2D eigenvalue weighted by Crippen LogP contribution is 2.31. The van der Waals surface area contributed by atoms with Crippen LogP contribution in [0.3, 0.4) is 0 Å². The van der Waals surface area contributed by atoms with Crippen molar-refractivity contribution in [3.8, 4) is 0 Å². The number of hydrogen-bond donors (Lipinski definition) is 0. The third kappa shape index (κ3) is 1.11. The molecule has 0 aromatic rings. The van der Waals surface area contributed by atoms with E-state index < -0.39 is 0 Å². The molecule has 2 saturated heterocycles. The zero-order chi connectivity index (χ0) is 6.10. The molecule has 0 aliphatic carbocycles. The number of hydrogen-bond acceptors (Lipinski definition) is 0. The van der Waals surface area contributed by atoms with E-state index in [9.17, 15) is 0 Å². The van der Waals surface area contributed by atoms with E-state index in [0.29, 0.717) is 0 Å². The smallest absolute Gasteiger partial charge is 0.0557 e. The molecule has 2 heterocycles. The number of rotatable bonds is 0. The van der Waals surface area contributed by atoms with Gasteiger partial charge in [-0.05, 0) is 25.7 Å². The van der Waals surface area contributed by atoms with Gasteiger partial charge in [0.1, 0.15) is 0 Å². The van der Waals surface area contributed by atoms with E-state index in [-0.39, 0.29) is 0 Å². The molecule has 2 aliphatic rings. The molecule has 2 radical (unpaired) electrons. The minimum atomic E-state index is 0.738. The molecule has 0 aromatic heterocycles. The highest BCUT2D eigenvalue weighted by atomic mass is 15.0. The van der Waals surface area contributed by atoms with Gasteiger partial charge in [0.2, 0.25) is 0 Å². The van der Waals surface area contributed by atoms with Crippen LogP contribution in [0, 0.1) is 6.04 Å². The number of nitrogens with zero attached hydrogens (tertiary/aromatic N) is 1. The van der Waals surface area contributed by atoms with E-state index in [0.717, 1.165) is 6.04 Å². The van der Waals surface area contributed by atoms with Crippen molar-refractivity contribution in [1.82, 2.24) is 5.32 Å². The van der Waals surface area contributed by atoms with Crippen LogP contribution in [-0.2, 0) is 0 Å². The molecule has 50 valence electrons. The first-order chi connectivity index (χ1) is 4.45. The predicted molar refractivity (Wildman–Crippen MR) is 36.9 cm³/mol. The second-order valence-corrected chi connectivity index (χ2v) is 3.13. The molecule has 0 amide bonds. The maximum Gasteiger partial charge on any atom is 0.0557 e. The van der Waals surface area contributed by atoms with Crippen molar-refractivity contribution in [2.45, 2.75) is 44.6 Å². The Morgan fingerprint density at radius 3 is 3.11 bits per heavy atom. The normalized spacial score (nSPS) is 36.7. The van der Waals surface area contributed by atoms with Gasteiger partial charge >= 0.3 is 0 Å². The maximum absolute atomic E-state index is 4.60. The van der Waals surface area contributed by atoms with E-state index in [2.05, 4.69) is 5.32 Å². The summed E-state index contributed by atoms with van der Waals surface area (Å²) in [4.78, 5) is 0. The first kappa shape index (κ1) is 5.72. The Kier molecular flexibility index (Phi) is 1.46. The van der Waals surface area contributed by atoms with Gasteiger partial charge in [0.05, 0.1) is 6.04 Å². The SMILES string of the molecule is C1CCC2CC[C](C1)[N]2. The second-order valence-electron chi connectivity index (χ2n) is 3.13. The molecule has 1 unspecified atom stereocenters. The van der Waals surface area contributed by atoms with Gasteiger partial charge in [-0.25, -0.2) is 5.32 Å². The Hall–Kier alpha value is -0.0400. The molecule has 1 heteroatoms. The summed E-state index contributed by atoms with van der Waals surface area (Å²) in [5.41, 5.74) is 0. The molecule has 1 nitrogen and oxygen atoms in total. The van der Waals surface area contributed by atoms with E-state index in [1.54, 1.807) is 0 Å². The van der Waals surface area contributed by atoms with Crippen molar-refractivity contribution in [2.24, 2.45) is 0 Å². The fourth-order valence-electron chi connectivity index (χ4n) is 1.83. The highest BCUT2D eigenvalue weighted by Gasteiger charge is 2.27. The summed E-state index contributed by atoms with van der Waals surface area (Å²) in [6, 6.07) is 2.25. The first-order valence-electron chi connectivity index (χ1n) is 4.01. The Morgan fingerprint density at radius 2 is 2.11 bits per heavy atom. The van der Waals surface area contributed by atoms with Crippen molar-refractivity contribution in [1.29, 1.82) is 0 Å². The summed E-state index contributed by atoms with van der Waals surface area (Å²) >= 11 is 0. The summed E-state index contributed by atoms with van der Waals surface area (Å²) in [5.74, 6) is 0. The lowest BCUT2D eigenvalue weighted by atomic mass is 10.0. The number of fused-ring (bicyclic) bond motifs is 2. The first-order valence-corrected chi connectivity index (χ1v) is 4.01. The fourth-order valence-corrected chi connectivity index (χ4v) is 1.83. The zero-order valence-corrected chi connectivity index (χ0v) is 5.77. The molecule has 2 rings (SSSR count). The molecular formula is C8H13N. The van der Waals surface area contributed by atoms with Crippen molar-refractivity contribution >= 4 is 0 Å². The quantitative estimate of drug-likeness (QED) is 0.467. The molecule has 0 spiro atoms. The zero-order valence-electron chi connectivity index (χ0n) is 5.77. The average Bonchev–Trinajstić information content (AvgIpc) is 2.09. The molecule has 2 fully saturated rings. The Labute approximate surface area is 56.8 Å². The highest BCUT2D eigenvalue weighted by molar-refractivity contribution is 4.98. The van der Waals surface area contributed by atoms with Crippen LogP contribution < -0.4 is 5.32 Å². The lowest BCUT2D eigenvalue weighted by molar-refractivity contribution is 0.548. The van der Waals surface area contributed by atoms with Crippen LogP contribution in [0.25, 0.3) is 0 Å². The van der Waals surface area contributed by atoms with Gasteiger partial charge in [0.25, 0.3) is 0 Å². The van der Waals surface area contributed by atoms with Crippen LogP contribution in [0.4, 0.5) is 0 Å². The maximum atomic E-state index is 4.60. The van der Waals surface area contributed by atoms with Crippen molar-refractivity contribution < 1.29 is 0 Å². The van der Waals surface area contributed by atoms with Crippen molar-refractivity contribution in [2.75, 3.05) is 0 Å². The summed E-state index contributed by atoms with van der Waals surface area (Å²) in [6.45, 7) is 0. The van der Waals surface area contributed by atoms with Gasteiger partial charge in [-0.1, -0.05) is 12.8 Å². The largest absolute Gasteiger partial charge is 0.230 e. The van der Waals surface area contributed by atoms with Gasteiger partial charge in [0.15, 0.2) is 0 Å². The molecule has 9 heavy (non-hydrogen) atoms. The molecule has 0 N–H and O–H groups in total. The van der Waals surface area contributed by atoms with Crippen LogP contribution >= 0.6 is 0 Å². The van der Waals surface area contributed by atoms with Gasteiger partial charge in [-0.15, -0.1) is 0 Å². The minimum Gasteiger partial charge on any atom is -0.230 e. The molecule has 2 aliphatic heterocycles. The van der Waals surface area contributed by atoms with Crippen molar-refractivity contribution in [3.63, 3.8) is 0 Å². The summed E-state index contributed by atoms with van der Waals surface area (Å²) in [6.07, 6.45) is 8.15. The topological polar surface area (TPSA) is 14.1 Å². The van der Waals surface area contributed by atoms with E-state index >= 15 is 0 Å². The lowest BCUT2D eigenvalue weighted by Crippen LogP contribution is -2.13. The van der Waals surface area contributed by atoms with Gasteiger partial charge in [-0.3, -0.25) is 0 Å². The van der Waals surface area contributed by atoms with Crippen molar-refractivity contribution in [3.05, 3.63) is 6.04 Å². The van der Waals surface area contributed by atoms with E-state index in [1.807, 2.05) is 0 Å².